The van der Waals surface area contributed by atoms with E-state index in [2.05, 4.69) is 5.32 Å². The minimum Gasteiger partial charge on any atom is -0.494 e. The van der Waals surface area contributed by atoms with Crippen molar-refractivity contribution < 1.29 is 13.9 Å². The van der Waals surface area contributed by atoms with Crippen LogP contribution >= 0.6 is 0 Å². The van der Waals surface area contributed by atoms with E-state index in [9.17, 15) is 9.18 Å². The Morgan fingerprint density at radius 1 is 1.18 bits per heavy atom. The summed E-state index contributed by atoms with van der Waals surface area (Å²) in [5.41, 5.74) is 2.34. The van der Waals surface area contributed by atoms with E-state index in [0.29, 0.717) is 6.54 Å². The Bertz CT molecular complexity index is 654. The first kappa shape index (κ1) is 15.8. The Balaban J connectivity index is 1.99. The van der Waals surface area contributed by atoms with E-state index >= 15 is 0 Å². The van der Waals surface area contributed by atoms with E-state index in [-0.39, 0.29) is 17.2 Å². The number of halogens is 1. The third-order valence-electron chi connectivity index (χ3n) is 3.32. The molecule has 0 heterocycles. The van der Waals surface area contributed by atoms with Gasteiger partial charge in [0.25, 0.3) is 5.91 Å². The number of nitrogens with one attached hydrogen (secondary N) is 1. The van der Waals surface area contributed by atoms with Gasteiger partial charge in [0.1, 0.15) is 0 Å². The highest BCUT2D eigenvalue weighted by molar-refractivity contribution is 5.94. The van der Waals surface area contributed by atoms with Gasteiger partial charge < -0.3 is 15.0 Å². The van der Waals surface area contributed by atoms with E-state index in [4.69, 9.17) is 4.74 Å². The van der Waals surface area contributed by atoms with Gasteiger partial charge in [-0.25, -0.2) is 4.39 Å². The van der Waals surface area contributed by atoms with Crippen LogP contribution in [-0.4, -0.2) is 27.1 Å². The van der Waals surface area contributed by atoms with E-state index < -0.39 is 5.82 Å². The van der Waals surface area contributed by atoms with Gasteiger partial charge in [-0.05, 0) is 35.9 Å². The second-order valence-corrected chi connectivity index (χ2v) is 5.09. The molecule has 2 aromatic carbocycles. The van der Waals surface area contributed by atoms with Crippen LogP contribution in [-0.2, 0) is 6.54 Å². The Morgan fingerprint density at radius 3 is 2.41 bits per heavy atom. The highest BCUT2D eigenvalue weighted by atomic mass is 19.1. The Morgan fingerprint density at radius 2 is 1.86 bits per heavy atom. The lowest BCUT2D eigenvalue weighted by molar-refractivity contribution is 0.0950. The topological polar surface area (TPSA) is 41.6 Å². The molecule has 0 bridgehead atoms. The molecule has 0 saturated carbocycles. The number of amides is 1. The predicted molar refractivity (Wildman–Crippen MR) is 84.9 cm³/mol. The normalized spacial score (nSPS) is 10.2. The van der Waals surface area contributed by atoms with Crippen molar-refractivity contribution in [2.24, 2.45) is 0 Å². The quantitative estimate of drug-likeness (QED) is 0.923. The summed E-state index contributed by atoms with van der Waals surface area (Å²) in [6, 6.07) is 12.0. The fourth-order valence-electron chi connectivity index (χ4n) is 2.00. The van der Waals surface area contributed by atoms with Crippen LogP contribution in [0.15, 0.2) is 42.5 Å². The molecule has 0 aliphatic rings. The van der Waals surface area contributed by atoms with Crippen LogP contribution in [0.3, 0.4) is 0 Å². The number of nitrogens with zero attached hydrogens (tertiary/aromatic N) is 1. The van der Waals surface area contributed by atoms with Gasteiger partial charge in [0.05, 0.1) is 7.11 Å². The number of anilines is 1. The van der Waals surface area contributed by atoms with Gasteiger partial charge >= 0.3 is 0 Å². The maximum absolute atomic E-state index is 13.6. The molecule has 116 valence electrons. The van der Waals surface area contributed by atoms with Crippen molar-refractivity contribution in [1.29, 1.82) is 0 Å². The maximum Gasteiger partial charge on any atom is 0.251 e. The summed E-state index contributed by atoms with van der Waals surface area (Å²) in [5.74, 6) is -0.750. The summed E-state index contributed by atoms with van der Waals surface area (Å²) >= 11 is 0. The monoisotopic (exact) mass is 302 g/mol. The Labute approximate surface area is 129 Å². The third kappa shape index (κ3) is 3.75. The average Bonchev–Trinajstić information content (AvgIpc) is 2.52. The predicted octanol–water partition coefficient (Wildman–Crippen LogP) is 2.83. The van der Waals surface area contributed by atoms with Crippen molar-refractivity contribution in [3.05, 3.63) is 59.4 Å². The molecule has 0 aromatic heterocycles. The number of hydrogen-bond donors (Lipinski definition) is 1. The lowest BCUT2D eigenvalue weighted by Gasteiger charge is -2.13. The zero-order chi connectivity index (χ0) is 16.1. The molecule has 0 fully saturated rings. The van der Waals surface area contributed by atoms with E-state index in [1.165, 1.54) is 25.3 Å². The number of methoxy groups -OCH3 is 1. The molecule has 0 saturated heterocycles. The summed E-state index contributed by atoms with van der Waals surface area (Å²) in [6.07, 6.45) is 0. The lowest BCUT2D eigenvalue weighted by Crippen LogP contribution is -2.23. The number of ether oxygens (including phenoxy) is 1. The summed E-state index contributed by atoms with van der Waals surface area (Å²) < 4.78 is 18.4. The van der Waals surface area contributed by atoms with Crippen LogP contribution in [0.2, 0.25) is 0 Å². The van der Waals surface area contributed by atoms with Crippen molar-refractivity contribution >= 4 is 11.6 Å². The van der Waals surface area contributed by atoms with Gasteiger partial charge in [0.2, 0.25) is 0 Å². The van der Waals surface area contributed by atoms with Gasteiger partial charge in [-0.15, -0.1) is 0 Å². The lowest BCUT2D eigenvalue weighted by atomic mass is 10.1. The molecule has 2 rings (SSSR count). The molecular weight excluding hydrogens is 283 g/mol. The van der Waals surface area contributed by atoms with E-state index in [1.807, 2.05) is 43.3 Å². The van der Waals surface area contributed by atoms with Crippen molar-refractivity contribution in [3.8, 4) is 5.75 Å². The smallest absolute Gasteiger partial charge is 0.251 e. The van der Waals surface area contributed by atoms with E-state index in [1.54, 1.807) is 0 Å². The highest BCUT2D eigenvalue weighted by Gasteiger charge is 2.09. The van der Waals surface area contributed by atoms with Crippen LogP contribution in [0.5, 0.6) is 5.75 Å². The standard InChI is InChI=1S/C17H19FN2O2/c1-20(2)14-7-4-12(5-8-14)11-19-17(21)13-6-9-16(22-3)15(18)10-13/h4-10H,11H2,1-3H3,(H,19,21). The maximum atomic E-state index is 13.6. The fourth-order valence-corrected chi connectivity index (χ4v) is 2.00. The number of carbonyl (C=O) groups is 1. The molecule has 1 N–H and O–H groups in total. The minimum atomic E-state index is -0.550. The van der Waals surface area contributed by atoms with Gasteiger partial charge in [0, 0.05) is 31.9 Å². The second kappa shape index (κ2) is 6.93. The summed E-state index contributed by atoms with van der Waals surface area (Å²) in [4.78, 5) is 14.0. The highest BCUT2D eigenvalue weighted by Crippen LogP contribution is 2.18. The van der Waals surface area contributed by atoms with Crippen LogP contribution in [0.4, 0.5) is 10.1 Å². The van der Waals surface area contributed by atoms with Gasteiger partial charge in [-0.2, -0.15) is 0 Å². The van der Waals surface area contributed by atoms with Crippen LogP contribution in [0.25, 0.3) is 0 Å². The van der Waals surface area contributed by atoms with Crippen molar-refractivity contribution in [2.75, 3.05) is 26.1 Å². The van der Waals surface area contributed by atoms with Crippen molar-refractivity contribution in [3.63, 3.8) is 0 Å². The third-order valence-corrected chi connectivity index (χ3v) is 3.32. The molecule has 5 heteroatoms. The molecule has 4 nitrogen and oxygen atoms in total. The fraction of sp³-hybridized carbons (Fsp3) is 0.235. The summed E-state index contributed by atoms with van der Waals surface area (Å²) in [7, 11) is 5.32. The van der Waals surface area contributed by atoms with Crippen LogP contribution in [0, 0.1) is 5.82 Å². The average molecular weight is 302 g/mol. The van der Waals surface area contributed by atoms with Gasteiger partial charge in [0.15, 0.2) is 11.6 Å². The number of hydrogen-bond acceptors (Lipinski definition) is 3. The molecule has 0 spiro atoms. The number of rotatable bonds is 5. The Kier molecular flexibility index (Phi) is 4.99. The second-order valence-electron chi connectivity index (χ2n) is 5.09. The Hall–Kier alpha value is -2.56. The summed E-state index contributed by atoms with van der Waals surface area (Å²) in [6.45, 7) is 0.389. The molecule has 1 amide bonds. The first-order chi connectivity index (χ1) is 10.5. The SMILES string of the molecule is COc1ccc(C(=O)NCc2ccc(N(C)C)cc2)cc1F. The van der Waals surface area contributed by atoms with Crippen LogP contribution in [0.1, 0.15) is 15.9 Å². The molecule has 0 aliphatic heterocycles. The first-order valence-electron chi connectivity index (χ1n) is 6.89. The first-order valence-corrected chi connectivity index (χ1v) is 6.89. The molecule has 0 radical (unpaired) electrons. The molecule has 0 unspecified atom stereocenters. The molecule has 2 aromatic rings. The van der Waals surface area contributed by atoms with Crippen molar-refractivity contribution in [2.45, 2.75) is 6.54 Å². The minimum absolute atomic E-state index is 0.121. The molecular formula is C17H19FN2O2. The van der Waals surface area contributed by atoms with Crippen molar-refractivity contribution in [1.82, 2.24) is 5.32 Å². The molecule has 0 atom stereocenters. The van der Waals surface area contributed by atoms with Gasteiger partial charge in [-0.3, -0.25) is 4.79 Å². The zero-order valence-electron chi connectivity index (χ0n) is 12.9. The van der Waals surface area contributed by atoms with Gasteiger partial charge in [-0.1, -0.05) is 12.1 Å². The van der Waals surface area contributed by atoms with E-state index in [0.717, 1.165) is 11.3 Å². The molecule has 22 heavy (non-hydrogen) atoms. The zero-order valence-corrected chi connectivity index (χ0v) is 12.9. The number of carbonyl (C=O) groups excluding carboxylic acids is 1. The molecule has 0 aliphatic carbocycles. The largest absolute Gasteiger partial charge is 0.494 e. The summed E-state index contributed by atoms with van der Waals surface area (Å²) in [5, 5.41) is 2.77. The number of benzene rings is 2. The van der Waals surface area contributed by atoms with Crippen LogP contribution < -0.4 is 15.0 Å².